The molecule has 0 saturated carbocycles. The second kappa shape index (κ2) is 6.08. The Morgan fingerprint density at radius 3 is 2.75 bits per heavy atom. The quantitative estimate of drug-likeness (QED) is 0.839. The molecule has 5 heteroatoms. The molecule has 1 atom stereocenters. The highest BCUT2D eigenvalue weighted by Crippen LogP contribution is 2.27. The van der Waals surface area contributed by atoms with Crippen LogP contribution in [-0.2, 0) is 6.54 Å². The zero-order valence-electron chi connectivity index (χ0n) is 12.1. The SMILES string of the molecule is CCC1CN(Cc2c(F)ccc(Br)c2F)C(C)(C)CN1. The molecule has 1 aliphatic heterocycles. The van der Waals surface area contributed by atoms with Crippen molar-refractivity contribution in [1.82, 2.24) is 10.2 Å². The summed E-state index contributed by atoms with van der Waals surface area (Å²) < 4.78 is 28.3. The van der Waals surface area contributed by atoms with E-state index in [9.17, 15) is 8.78 Å². The molecule has 1 aromatic carbocycles. The van der Waals surface area contributed by atoms with Crippen LogP contribution in [0.2, 0.25) is 0 Å². The summed E-state index contributed by atoms with van der Waals surface area (Å²) in [5, 5.41) is 3.48. The molecule has 1 aliphatic rings. The van der Waals surface area contributed by atoms with Gasteiger partial charge in [0, 0.05) is 36.8 Å². The maximum absolute atomic E-state index is 14.1. The largest absolute Gasteiger partial charge is 0.311 e. The molecule has 1 saturated heterocycles. The van der Waals surface area contributed by atoms with Crippen molar-refractivity contribution in [3.8, 4) is 0 Å². The predicted molar refractivity (Wildman–Crippen MR) is 80.6 cm³/mol. The van der Waals surface area contributed by atoms with E-state index >= 15 is 0 Å². The number of hydrogen-bond acceptors (Lipinski definition) is 2. The van der Waals surface area contributed by atoms with Crippen molar-refractivity contribution in [3.63, 3.8) is 0 Å². The molecule has 1 unspecified atom stereocenters. The van der Waals surface area contributed by atoms with Crippen LogP contribution in [0.3, 0.4) is 0 Å². The van der Waals surface area contributed by atoms with Crippen LogP contribution in [0.5, 0.6) is 0 Å². The average molecular weight is 347 g/mol. The lowest BCUT2D eigenvalue weighted by Gasteiger charge is -2.46. The molecule has 2 nitrogen and oxygen atoms in total. The van der Waals surface area contributed by atoms with Crippen molar-refractivity contribution in [2.45, 2.75) is 45.3 Å². The molecule has 0 aromatic heterocycles. The Kier molecular flexibility index (Phi) is 4.82. The van der Waals surface area contributed by atoms with Gasteiger partial charge >= 0.3 is 0 Å². The molecule has 0 radical (unpaired) electrons. The number of piperazine rings is 1. The van der Waals surface area contributed by atoms with Gasteiger partial charge in [-0.3, -0.25) is 4.90 Å². The lowest BCUT2D eigenvalue weighted by atomic mass is 9.95. The molecule has 0 spiro atoms. The second-order valence-electron chi connectivity index (χ2n) is 6.00. The summed E-state index contributed by atoms with van der Waals surface area (Å²) in [6.07, 6.45) is 1.01. The van der Waals surface area contributed by atoms with Crippen molar-refractivity contribution in [2.75, 3.05) is 13.1 Å². The molecule has 1 fully saturated rings. The van der Waals surface area contributed by atoms with E-state index in [1.54, 1.807) is 0 Å². The van der Waals surface area contributed by atoms with Gasteiger partial charge in [0.1, 0.15) is 11.6 Å². The fourth-order valence-corrected chi connectivity index (χ4v) is 2.91. The van der Waals surface area contributed by atoms with E-state index in [1.165, 1.54) is 12.1 Å². The van der Waals surface area contributed by atoms with Gasteiger partial charge in [-0.1, -0.05) is 6.92 Å². The Morgan fingerprint density at radius 1 is 1.40 bits per heavy atom. The van der Waals surface area contributed by atoms with Crippen LogP contribution in [0.4, 0.5) is 8.78 Å². The highest BCUT2D eigenvalue weighted by atomic mass is 79.9. The van der Waals surface area contributed by atoms with Crippen molar-refractivity contribution in [2.24, 2.45) is 0 Å². The third-order valence-electron chi connectivity index (χ3n) is 4.10. The first-order valence-electron chi connectivity index (χ1n) is 6.96. The molecule has 1 heterocycles. The van der Waals surface area contributed by atoms with Gasteiger partial charge in [0.25, 0.3) is 0 Å². The van der Waals surface area contributed by atoms with Gasteiger partial charge in [-0.2, -0.15) is 0 Å². The molecule has 0 amide bonds. The summed E-state index contributed by atoms with van der Waals surface area (Å²) in [6, 6.07) is 3.10. The highest BCUT2D eigenvalue weighted by molar-refractivity contribution is 9.10. The summed E-state index contributed by atoms with van der Waals surface area (Å²) in [4.78, 5) is 2.16. The molecule has 1 aromatic rings. The van der Waals surface area contributed by atoms with E-state index in [4.69, 9.17) is 0 Å². The van der Waals surface area contributed by atoms with Crippen LogP contribution in [-0.4, -0.2) is 29.6 Å². The van der Waals surface area contributed by atoms with Crippen LogP contribution in [0.15, 0.2) is 16.6 Å². The topological polar surface area (TPSA) is 15.3 Å². The highest BCUT2D eigenvalue weighted by Gasteiger charge is 2.34. The minimum Gasteiger partial charge on any atom is -0.311 e. The maximum atomic E-state index is 14.1. The van der Waals surface area contributed by atoms with Crippen LogP contribution in [0, 0.1) is 11.6 Å². The summed E-state index contributed by atoms with van der Waals surface area (Å²) in [7, 11) is 0. The first-order valence-corrected chi connectivity index (χ1v) is 7.75. The van der Waals surface area contributed by atoms with Crippen LogP contribution < -0.4 is 5.32 Å². The van der Waals surface area contributed by atoms with E-state index in [2.05, 4.69) is 46.9 Å². The van der Waals surface area contributed by atoms with Gasteiger partial charge in [0.15, 0.2) is 0 Å². The molecule has 0 bridgehead atoms. The lowest BCUT2D eigenvalue weighted by Crippen LogP contribution is -2.61. The van der Waals surface area contributed by atoms with E-state index < -0.39 is 11.6 Å². The summed E-state index contributed by atoms with van der Waals surface area (Å²) in [5.74, 6) is -0.972. The number of rotatable bonds is 3. The lowest BCUT2D eigenvalue weighted by molar-refractivity contribution is 0.0556. The predicted octanol–water partition coefficient (Wildman–Crippen LogP) is 3.69. The number of nitrogens with one attached hydrogen (secondary N) is 1. The standard InChI is InChI=1S/C15H21BrF2N2/c1-4-10-7-20(15(2,3)9-19-10)8-11-13(17)6-5-12(16)14(11)18/h5-6,10,19H,4,7-9H2,1-3H3. The third-order valence-corrected chi connectivity index (χ3v) is 4.71. The van der Waals surface area contributed by atoms with E-state index in [1.807, 2.05) is 0 Å². The smallest absolute Gasteiger partial charge is 0.144 e. The van der Waals surface area contributed by atoms with Crippen LogP contribution in [0.25, 0.3) is 0 Å². The van der Waals surface area contributed by atoms with E-state index in [0.717, 1.165) is 19.5 Å². The van der Waals surface area contributed by atoms with Crippen molar-refractivity contribution < 1.29 is 8.78 Å². The Hall–Kier alpha value is -0.520. The van der Waals surface area contributed by atoms with Crippen LogP contribution >= 0.6 is 15.9 Å². The Morgan fingerprint density at radius 2 is 2.10 bits per heavy atom. The van der Waals surface area contributed by atoms with Gasteiger partial charge in [0.05, 0.1) is 4.47 Å². The fraction of sp³-hybridized carbons (Fsp3) is 0.600. The first-order chi connectivity index (χ1) is 9.35. The third kappa shape index (κ3) is 3.21. The molecule has 0 aliphatic carbocycles. The molecule has 20 heavy (non-hydrogen) atoms. The molecular formula is C15H21BrF2N2. The normalized spacial score (nSPS) is 23.0. The molecular weight excluding hydrogens is 326 g/mol. The van der Waals surface area contributed by atoms with Crippen molar-refractivity contribution in [1.29, 1.82) is 0 Å². The number of nitrogens with zero attached hydrogens (tertiary/aromatic N) is 1. The minimum atomic E-state index is -0.493. The minimum absolute atomic E-state index is 0.118. The van der Waals surface area contributed by atoms with E-state index in [-0.39, 0.29) is 11.1 Å². The van der Waals surface area contributed by atoms with Gasteiger partial charge in [-0.15, -0.1) is 0 Å². The Bertz CT molecular complexity index is 491. The van der Waals surface area contributed by atoms with Gasteiger partial charge in [-0.25, -0.2) is 8.78 Å². The maximum Gasteiger partial charge on any atom is 0.144 e. The van der Waals surface area contributed by atoms with Gasteiger partial charge < -0.3 is 5.32 Å². The van der Waals surface area contributed by atoms with E-state index in [0.29, 0.717) is 17.1 Å². The zero-order chi connectivity index (χ0) is 14.9. The average Bonchev–Trinajstić information content (AvgIpc) is 2.40. The van der Waals surface area contributed by atoms with Gasteiger partial charge in [0.2, 0.25) is 0 Å². The zero-order valence-corrected chi connectivity index (χ0v) is 13.7. The van der Waals surface area contributed by atoms with Gasteiger partial charge in [-0.05, 0) is 48.3 Å². The summed E-state index contributed by atoms with van der Waals surface area (Å²) in [6.45, 7) is 8.23. The second-order valence-corrected chi connectivity index (χ2v) is 6.86. The Balaban J connectivity index is 2.25. The summed E-state index contributed by atoms with van der Waals surface area (Å²) in [5.41, 5.74) is 0.0246. The summed E-state index contributed by atoms with van der Waals surface area (Å²) >= 11 is 3.13. The van der Waals surface area contributed by atoms with Crippen LogP contribution in [0.1, 0.15) is 32.8 Å². The number of hydrogen-bond donors (Lipinski definition) is 1. The first kappa shape index (κ1) is 15.9. The molecule has 2 rings (SSSR count). The molecule has 1 N–H and O–H groups in total. The van der Waals surface area contributed by atoms with Crippen molar-refractivity contribution >= 4 is 15.9 Å². The monoisotopic (exact) mass is 346 g/mol. The number of halogens is 3. The molecule has 112 valence electrons. The van der Waals surface area contributed by atoms with Crippen molar-refractivity contribution in [3.05, 3.63) is 33.8 Å². The fourth-order valence-electron chi connectivity index (χ4n) is 2.54. The Labute approximate surface area is 127 Å². The number of benzene rings is 1.